The number of carbonyl (C=O) groups excluding carboxylic acids is 2. The second kappa shape index (κ2) is 56.1. The van der Waals surface area contributed by atoms with Crippen LogP contribution >= 0.6 is 0 Å². The highest BCUT2D eigenvalue weighted by molar-refractivity contribution is 5.70. The summed E-state index contributed by atoms with van der Waals surface area (Å²) < 4.78 is 17.4. The molecule has 5 nitrogen and oxygen atoms in total. The van der Waals surface area contributed by atoms with Crippen LogP contribution in [0.15, 0.2) is 97.2 Å². The fraction of sp³-hybridized carbons (Fsp3) is 0.705. The normalized spacial score (nSPS) is 13.0. The number of esters is 2. The Balaban J connectivity index is 4.35. The lowest BCUT2D eigenvalue weighted by Crippen LogP contribution is -2.30. The van der Waals surface area contributed by atoms with E-state index in [1.807, 2.05) is 6.08 Å². The highest BCUT2D eigenvalue weighted by Crippen LogP contribution is 2.13. The smallest absolute Gasteiger partial charge is 0.306 e. The molecule has 378 valence electrons. The van der Waals surface area contributed by atoms with Gasteiger partial charge < -0.3 is 14.2 Å². The largest absolute Gasteiger partial charge is 0.462 e. The number of hydrogen-bond acceptors (Lipinski definition) is 5. The Hall–Kier alpha value is -3.18. The molecule has 0 fully saturated rings. The summed E-state index contributed by atoms with van der Waals surface area (Å²) in [7, 11) is 0. The summed E-state index contributed by atoms with van der Waals surface area (Å²) in [6.07, 6.45) is 75.8. The van der Waals surface area contributed by atoms with Crippen LogP contribution in [0.4, 0.5) is 0 Å². The number of hydrogen-bond donors (Lipinski definition) is 0. The fourth-order valence-corrected chi connectivity index (χ4v) is 7.47. The number of rotatable bonds is 50. The number of ether oxygens (including phenoxy) is 3. The number of unbranched alkanes of at least 4 members (excludes halogenated alkanes) is 23. The van der Waals surface area contributed by atoms with Gasteiger partial charge in [0.1, 0.15) is 6.61 Å². The fourth-order valence-electron chi connectivity index (χ4n) is 7.47. The first-order chi connectivity index (χ1) is 32.6. The van der Waals surface area contributed by atoms with Gasteiger partial charge in [0.25, 0.3) is 0 Å². The second-order valence-corrected chi connectivity index (χ2v) is 18.1. The van der Waals surface area contributed by atoms with Gasteiger partial charge in [-0.3, -0.25) is 9.59 Å². The Morgan fingerprint density at radius 1 is 0.348 bits per heavy atom. The van der Waals surface area contributed by atoms with Crippen molar-refractivity contribution in [1.29, 1.82) is 0 Å². The summed E-state index contributed by atoms with van der Waals surface area (Å²) in [6, 6.07) is 0. The van der Waals surface area contributed by atoms with E-state index in [0.717, 1.165) is 70.6 Å². The van der Waals surface area contributed by atoms with Crippen molar-refractivity contribution < 1.29 is 23.8 Å². The maximum absolute atomic E-state index is 12.8. The van der Waals surface area contributed by atoms with Gasteiger partial charge in [0.2, 0.25) is 0 Å². The quantitative estimate of drug-likeness (QED) is 0.0346. The monoisotopic (exact) mass is 917 g/mol. The van der Waals surface area contributed by atoms with Crippen molar-refractivity contribution in [2.45, 2.75) is 258 Å². The molecule has 0 saturated carbocycles. The van der Waals surface area contributed by atoms with Crippen LogP contribution in [0, 0.1) is 0 Å². The highest BCUT2D eigenvalue weighted by atomic mass is 16.6. The van der Waals surface area contributed by atoms with Crippen molar-refractivity contribution in [3.8, 4) is 0 Å². The van der Waals surface area contributed by atoms with Crippen LogP contribution in [-0.2, 0) is 23.8 Å². The summed E-state index contributed by atoms with van der Waals surface area (Å²) in [4.78, 5) is 25.4. The van der Waals surface area contributed by atoms with Gasteiger partial charge in [0.05, 0.1) is 6.61 Å². The molecule has 0 N–H and O–H groups in total. The van der Waals surface area contributed by atoms with Crippen LogP contribution in [0.3, 0.4) is 0 Å². The van der Waals surface area contributed by atoms with Crippen molar-refractivity contribution in [2.75, 3.05) is 19.8 Å². The molecule has 0 aromatic carbocycles. The second-order valence-electron chi connectivity index (χ2n) is 18.1. The lowest BCUT2D eigenvalue weighted by Gasteiger charge is -2.18. The molecule has 0 bridgehead atoms. The van der Waals surface area contributed by atoms with E-state index in [9.17, 15) is 9.59 Å². The van der Waals surface area contributed by atoms with E-state index in [2.05, 4.69) is 112 Å². The predicted octanol–water partition coefficient (Wildman–Crippen LogP) is 19.0. The molecule has 0 aromatic rings. The van der Waals surface area contributed by atoms with Crippen LogP contribution < -0.4 is 0 Å². The number of allylic oxidation sites excluding steroid dienone is 16. The van der Waals surface area contributed by atoms with E-state index in [0.29, 0.717) is 25.9 Å². The summed E-state index contributed by atoms with van der Waals surface area (Å²) in [6.45, 7) is 7.59. The first-order valence-corrected chi connectivity index (χ1v) is 27.8. The average molecular weight is 917 g/mol. The summed E-state index contributed by atoms with van der Waals surface area (Å²) in [5.74, 6) is -0.501. The van der Waals surface area contributed by atoms with Gasteiger partial charge in [-0.25, -0.2) is 0 Å². The Kier molecular flexibility index (Phi) is 53.4. The molecule has 0 spiro atoms. The van der Waals surface area contributed by atoms with Gasteiger partial charge in [-0.1, -0.05) is 227 Å². The molecule has 0 aliphatic rings. The first-order valence-electron chi connectivity index (χ1n) is 27.8. The third-order valence-electron chi connectivity index (χ3n) is 11.6. The third kappa shape index (κ3) is 53.4. The van der Waals surface area contributed by atoms with E-state index in [1.165, 1.54) is 141 Å². The van der Waals surface area contributed by atoms with Crippen molar-refractivity contribution in [1.82, 2.24) is 0 Å². The minimum absolute atomic E-state index is 0.0463. The maximum atomic E-state index is 12.8. The molecular weight excluding hydrogens is 813 g/mol. The lowest BCUT2D eigenvalue weighted by atomic mass is 10.1. The maximum Gasteiger partial charge on any atom is 0.306 e. The Morgan fingerprint density at radius 3 is 1.20 bits per heavy atom. The van der Waals surface area contributed by atoms with Gasteiger partial charge in [0, 0.05) is 19.4 Å². The zero-order chi connectivity index (χ0) is 47.7. The van der Waals surface area contributed by atoms with Crippen molar-refractivity contribution in [2.24, 2.45) is 0 Å². The molecule has 1 unspecified atom stereocenters. The molecular formula is C61H104O5. The summed E-state index contributed by atoms with van der Waals surface area (Å²) >= 11 is 0. The van der Waals surface area contributed by atoms with Crippen molar-refractivity contribution >= 4 is 11.9 Å². The lowest BCUT2D eigenvalue weighted by molar-refractivity contribution is -0.162. The van der Waals surface area contributed by atoms with Gasteiger partial charge in [-0.2, -0.15) is 0 Å². The zero-order valence-corrected chi connectivity index (χ0v) is 43.4. The predicted molar refractivity (Wildman–Crippen MR) is 288 cm³/mol. The number of carbonyl (C=O) groups is 2. The van der Waals surface area contributed by atoms with E-state index in [1.54, 1.807) is 0 Å². The van der Waals surface area contributed by atoms with Crippen LogP contribution in [0.25, 0.3) is 0 Å². The van der Waals surface area contributed by atoms with Crippen LogP contribution in [0.2, 0.25) is 0 Å². The van der Waals surface area contributed by atoms with Gasteiger partial charge in [-0.05, 0) is 109 Å². The Labute approximate surface area is 409 Å². The molecule has 0 radical (unpaired) electrons. The molecule has 0 aliphatic heterocycles. The van der Waals surface area contributed by atoms with Crippen LogP contribution in [-0.4, -0.2) is 37.9 Å². The molecule has 5 heteroatoms. The molecule has 0 aliphatic carbocycles. The van der Waals surface area contributed by atoms with Crippen molar-refractivity contribution in [3.63, 3.8) is 0 Å². The summed E-state index contributed by atoms with van der Waals surface area (Å²) in [5.41, 5.74) is 0. The first kappa shape index (κ1) is 62.8. The van der Waals surface area contributed by atoms with E-state index in [4.69, 9.17) is 14.2 Å². The van der Waals surface area contributed by atoms with Gasteiger partial charge >= 0.3 is 11.9 Å². The molecule has 0 heterocycles. The van der Waals surface area contributed by atoms with E-state index in [-0.39, 0.29) is 25.2 Å². The minimum atomic E-state index is -0.586. The molecule has 0 rings (SSSR count). The topological polar surface area (TPSA) is 61.8 Å². The van der Waals surface area contributed by atoms with Gasteiger partial charge in [0.15, 0.2) is 6.10 Å². The van der Waals surface area contributed by atoms with Crippen molar-refractivity contribution in [3.05, 3.63) is 97.2 Å². The standard InChI is InChI=1S/C61H104O5/c1-4-7-10-13-16-19-22-25-27-29-30-31-33-35-38-41-44-47-50-53-56-64-57-59(66-61(63)55-52-49-46-43-40-36-24-21-18-15-12-9-6-3)58-65-60(62)54-51-48-45-42-39-37-34-32-28-26-23-20-17-14-11-8-5-2/h9,12,16,18-19,21,25-28,30-31,36,40,46,49,59H,4-8,10-11,13-15,17,20,22-24,29,32-35,37-39,41-45,47-48,50-58H2,1-3H3/b12-9-,19-16-,21-18-,27-25-,28-26-,31-30-,40-36-,49-46-. The van der Waals surface area contributed by atoms with E-state index >= 15 is 0 Å². The average Bonchev–Trinajstić information content (AvgIpc) is 3.32. The SMILES string of the molecule is CC/C=C\C/C=C\C/C=C\C/C=C\CCC(=O)OC(COCCCCCCCCC/C=C\C/C=C\C/C=C\CCCCC)COC(=O)CCCCCCCCC/C=C\CCCCCCCC. The highest BCUT2D eigenvalue weighted by Gasteiger charge is 2.17. The van der Waals surface area contributed by atoms with Gasteiger partial charge in [-0.15, -0.1) is 0 Å². The Morgan fingerprint density at radius 2 is 0.712 bits per heavy atom. The molecule has 0 saturated heterocycles. The van der Waals surface area contributed by atoms with E-state index < -0.39 is 6.10 Å². The molecule has 1 atom stereocenters. The molecule has 0 aromatic heterocycles. The van der Waals surface area contributed by atoms with Crippen LogP contribution in [0.5, 0.6) is 0 Å². The summed E-state index contributed by atoms with van der Waals surface area (Å²) in [5, 5.41) is 0. The molecule has 0 amide bonds. The molecule has 66 heavy (non-hydrogen) atoms. The third-order valence-corrected chi connectivity index (χ3v) is 11.6. The minimum Gasteiger partial charge on any atom is -0.462 e. The van der Waals surface area contributed by atoms with Crippen LogP contribution in [0.1, 0.15) is 252 Å². The zero-order valence-electron chi connectivity index (χ0n) is 43.4. The Bertz CT molecular complexity index is 1270.